The fraction of sp³-hybridized carbons (Fsp3) is 1.00. The summed E-state index contributed by atoms with van der Waals surface area (Å²) in [7, 11) is 0. The normalized spacial score (nSPS) is 23.0. The number of hydrogen-bond donors (Lipinski definition) is 2. The topological polar surface area (TPSA) is 55.3 Å². The Hall–Kier alpha value is -0.120. The fourth-order valence-electron chi connectivity index (χ4n) is 1.20. The second-order valence-electron chi connectivity index (χ2n) is 2.92. The summed E-state index contributed by atoms with van der Waals surface area (Å²) in [6.07, 6.45) is 2.48. The molecular formula is C6H15N3. The molecule has 54 valence electrons. The van der Waals surface area contributed by atoms with E-state index in [2.05, 4.69) is 4.90 Å². The Kier molecular flexibility index (Phi) is 1.75. The molecule has 1 saturated heterocycles. The summed E-state index contributed by atoms with van der Waals surface area (Å²) in [6.45, 7) is 3.96. The highest BCUT2D eigenvalue weighted by Crippen LogP contribution is 2.11. The first-order valence-corrected chi connectivity index (χ1v) is 3.43. The van der Waals surface area contributed by atoms with E-state index >= 15 is 0 Å². The summed E-state index contributed by atoms with van der Waals surface area (Å²) in [5.41, 5.74) is 11.3. The number of likely N-dealkylation sites (tertiary alicyclic amines) is 1. The standard InChI is InChI=1S/C6H15N3/c1-6(7,8)9-4-2-3-5-9/h2-5,7-8H2,1H3. The molecule has 0 spiro atoms. The molecular weight excluding hydrogens is 114 g/mol. The summed E-state index contributed by atoms with van der Waals surface area (Å²) < 4.78 is 0. The molecule has 0 radical (unpaired) electrons. The Morgan fingerprint density at radius 1 is 1.22 bits per heavy atom. The lowest BCUT2D eigenvalue weighted by atomic mass is 10.4. The van der Waals surface area contributed by atoms with Crippen molar-refractivity contribution in [2.75, 3.05) is 13.1 Å². The molecule has 1 fully saturated rings. The van der Waals surface area contributed by atoms with Crippen LogP contribution in [0.15, 0.2) is 0 Å². The largest absolute Gasteiger partial charge is 0.301 e. The maximum Gasteiger partial charge on any atom is 0.117 e. The van der Waals surface area contributed by atoms with Gasteiger partial charge < -0.3 is 11.5 Å². The number of nitrogens with zero attached hydrogens (tertiary/aromatic N) is 1. The van der Waals surface area contributed by atoms with Gasteiger partial charge in [0.2, 0.25) is 0 Å². The van der Waals surface area contributed by atoms with Crippen LogP contribution < -0.4 is 11.5 Å². The van der Waals surface area contributed by atoms with Gasteiger partial charge in [0.05, 0.1) is 0 Å². The molecule has 0 aromatic heterocycles. The molecule has 3 heteroatoms. The lowest BCUT2D eigenvalue weighted by Gasteiger charge is -2.30. The van der Waals surface area contributed by atoms with Gasteiger partial charge in [-0.1, -0.05) is 0 Å². The van der Waals surface area contributed by atoms with Gasteiger partial charge in [-0.25, -0.2) is 0 Å². The van der Waals surface area contributed by atoms with Crippen LogP contribution >= 0.6 is 0 Å². The zero-order valence-corrected chi connectivity index (χ0v) is 5.93. The Morgan fingerprint density at radius 3 is 1.89 bits per heavy atom. The minimum atomic E-state index is -0.587. The van der Waals surface area contributed by atoms with E-state index in [1.165, 1.54) is 12.8 Å². The van der Waals surface area contributed by atoms with Gasteiger partial charge in [0.25, 0.3) is 0 Å². The average molecular weight is 129 g/mol. The van der Waals surface area contributed by atoms with Crippen LogP contribution in [0, 0.1) is 0 Å². The predicted molar refractivity (Wildman–Crippen MR) is 37.6 cm³/mol. The molecule has 0 amide bonds. The minimum Gasteiger partial charge on any atom is -0.301 e. The van der Waals surface area contributed by atoms with Gasteiger partial charge in [-0.15, -0.1) is 0 Å². The van der Waals surface area contributed by atoms with E-state index in [1.54, 1.807) is 0 Å². The van der Waals surface area contributed by atoms with Crippen LogP contribution in [-0.2, 0) is 0 Å². The third-order valence-corrected chi connectivity index (χ3v) is 1.79. The average Bonchev–Trinajstić information content (AvgIpc) is 2.08. The first kappa shape index (κ1) is 6.99. The summed E-state index contributed by atoms with van der Waals surface area (Å²) in [5, 5.41) is 0. The smallest absolute Gasteiger partial charge is 0.117 e. The van der Waals surface area contributed by atoms with Crippen LogP contribution in [0.2, 0.25) is 0 Å². The summed E-state index contributed by atoms with van der Waals surface area (Å²) in [4.78, 5) is 2.10. The van der Waals surface area contributed by atoms with Crippen molar-refractivity contribution in [1.82, 2.24) is 4.90 Å². The van der Waals surface area contributed by atoms with E-state index in [4.69, 9.17) is 11.5 Å². The molecule has 1 aliphatic heterocycles. The molecule has 4 N–H and O–H groups in total. The summed E-state index contributed by atoms with van der Waals surface area (Å²) in [6, 6.07) is 0. The van der Waals surface area contributed by atoms with E-state index in [1.807, 2.05) is 6.92 Å². The van der Waals surface area contributed by atoms with Gasteiger partial charge in [-0.05, 0) is 19.8 Å². The minimum absolute atomic E-state index is 0.587. The SMILES string of the molecule is CC(N)(N)N1CCCC1. The van der Waals surface area contributed by atoms with Crippen molar-refractivity contribution in [2.24, 2.45) is 11.5 Å². The van der Waals surface area contributed by atoms with Gasteiger partial charge in [0.15, 0.2) is 0 Å². The Morgan fingerprint density at radius 2 is 1.67 bits per heavy atom. The van der Waals surface area contributed by atoms with Crippen molar-refractivity contribution in [3.63, 3.8) is 0 Å². The molecule has 0 aromatic carbocycles. The molecule has 1 aliphatic rings. The van der Waals surface area contributed by atoms with E-state index < -0.39 is 5.79 Å². The lowest BCUT2D eigenvalue weighted by Crippen LogP contribution is -2.59. The molecule has 0 unspecified atom stereocenters. The third-order valence-electron chi connectivity index (χ3n) is 1.79. The molecule has 0 bridgehead atoms. The maximum absolute atomic E-state index is 5.64. The van der Waals surface area contributed by atoms with Crippen molar-refractivity contribution in [3.05, 3.63) is 0 Å². The van der Waals surface area contributed by atoms with Crippen LogP contribution in [-0.4, -0.2) is 23.8 Å². The van der Waals surface area contributed by atoms with Crippen molar-refractivity contribution in [3.8, 4) is 0 Å². The van der Waals surface area contributed by atoms with Gasteiger partial charge >= 0.3 is 0 Å². The summed E-state index contributed by atoms with van der Waals surface area (Å²) >= 11 is 0. The van der Waals surface area contributed by atoms with Crippen LogP contribution in [0.1, 0.15) is 19.8 Å². The summed E-state index contributed by atoms with van der Waals surface area (Å²) in [5.74, 6) is -0.587. The van der Waals surface area contributed by atoms with Crippen LogP contribution in [0.5, 0.6) is 0 Å². The monoisotopic (exact) mass is 129 g/mol. The van der Waals surface area contributed by atoms with Crippen molar-refractivity contribution in [1.29, 1.82) is 0 Å². The van der Waals surface area contributed by atoms with Crippen molar-refractivity contribution in [2.45, 2.75) is 25.6 Å². The zero-order valence-electron chi connectivity index (χ0n) is 5.93. The lowest BCUT2D eigenvalue weighted by molar-refractivity contribution is 0.149. The first-order valence-electron chi connectivity index (χ1n) is 3.43. The quantitative estimate of drug-likeness (QED) is 0.477. The molecule has 1 heterocycles. The second-order valence-corrected chi connectivity index (χ2v) is 2.92. The molecule has 0 aliphatic carbocycles. The van der Waals surface area contributed by atoms with Crippen molar-refractivity contribution < 1.29 is 0 Å². The van der Waals surface area contributed by atoms with E-state index in [9.17, 15) is 0 Å². The highest BCUT2D eigenvalue weighted by Gasteiger charge is 2.24. The molecule has 1 rings (SSSR count). The Labute approximate surface area is 56.0 Å². The van der Waals surface area contributed by atoms with Crippen LogP contribution in [0.25, 0.3) is 0 Å². The van der Waals surface area contributed by atoms with E-state index in [-0.39, 0.29) is 0 Å². The Balaban J connectivity index is 2.42. The zero-order chi connectivity index (χ0) is 6.91. The highest BCUT2D eigenvalue weighted by molar-refractivity contribution is 4.77. The Bertz CT molecular complexity index is 89.0. The highest BCUT2D eigenvalue weighted by atomic mass is 15.3. The number of hydrogen-bond acceptors (Lipinski definition) is 3. The van der Waals surface area contributed by atoms with E-state index in [0.717, 1.165) is 13.1 Å². The van der Waals surface area contributed by atoms with Gasteiger partial charge in [0.1, 0.15) is 5.79 Å². The second kappa shape index (κ2) is 2.25. The first-order chi connectivity index (χ1) is 4.11. The van der Waals surface area contributed by atoms with Crippen LogP contribution in [0.4, 0.5) is 0 Å². The molecule has 9 heavy (non-hydrogen) atoms. The van der Waals surface area contributed by atoms with Gasteiger partial charge in [-0.2, -0.15) is 0 Å². The fourth-order valence-corrected chi connectivity index (χ4v) is 1.20. The van der Waals surface area contributed by atoms with Crippen LogP contribution in [0.3, 0.4) is 0 Å². The molecule has 0 atom stereocenters. The van der Waals surface area contributed by atoms with Gasteiger partial charge in [-0.3, -0.25) is 4.90 Å². The predicted octanol–water partition coefficient (Wildman–Crippen LogP) is -0.327. The molecule has 0 saturated carbocycles. The molecule has 0 aromatic rings. The maximum atomic E-state index is 5.64. The number of rotatable bonds is 1. The van der Waals surface area contributed by atoms with Gasteiger partial charge in [0, 0.05) is 13.1 Å². The third kappa shape index (κ3) is 1.64. The number of nitrogens with two attached hydrogens (primary N) is 2. The molecule has 3 nitrogen and oxygen atoms in total. The van der Waals surface area contributed by atoms with Crippen molar-refractivity contribution >= 4 is 0 Å². The van der Waals surface area contributed by atoms with E-state index in [0.29, 0.717) is 0 Å².